The Kier molecular flexibility index (Phi) is 2.57. The van der Waals surface area contributed by atoms with Crippen LogP contribution in [-0.2, 0) is 4.79 Å². The number of Topliss-reactive ketones (excluding diaryl/α,β-unsaturated/α-hetero) is 1. The molecular formula is C7H7NO4. The molecule has 0 aliphatic carbocycles. The van der Waals surface area contributed by atoms with Crippen molar-refractivity contribution >= 4 is 11.8 Å². The zero-order chi connectivity index (χ0) is 8.97. The van der Waals surface area contributed by atoms with E-state index >= 15 is 0 Å². The van der Waals surface area contributed by atoms with Gasteiger partial charge in [-0.3, -0.25) is 9.59 Å². The summed E-state index contributed by atoms with van der Waals surface area (Å²) in [6.07, 6.45) is 1.06. The van der Waals surface area contributed by atoms with Crippen molar-refractivity contribution in [3.05, 3.63) is 18.0 Å². The maximum atomic E-state index is 11.0. The fourth-order valence-corrected chi connectivity index (χ4v) is 0.705. The highest BCUT2D eigenvalue weighted by atomic mass is 16.5. The molecule has 12 heavy (non-hydrogen) atoms. The second kappa shape index (κ2) is 3.66. The molecule has 1 aromatic rings. The van der Waals surface area contributed by atoms with Gasteiger partial charge in [0.05, 0.1) is 6.42 Å². The van der Waals surface area contributed by atoms with Gasteiger partial charge in [-0.2, -0.15) is 0 Å². The molecule has 0 aliphatic rings. The molecule has 0 atom stereocenters. The Morgan fingerprint density at radius 3 is 2.75 bits per heavy atom. The number of carbonyl (C=O) groups excluding carboxylic acids is 1. The van der Waals surface area contributed by atoms with E-state index < -0.39 is 5.97 Å². The standard InChI is InChI=1S/C7H7NO4/c9-6(1-2-7(10)11)5-3-4-12-8-5/h3-4H,1-2H2,(H,10,11). The first-order valence-electron chi connectivity index (χ1n) is 3.35. The summed E-state index contributed by atoms with van der Waals surface area (Å²) >= 11 is 0. The molecule has 0 unspecified atom stereocenters. The monoisotopic (exact) mass is 169 g/mol. The summed E-state index contributed by atoms with van der Waals surface area (Å²) < 4.78 is 4.42. The van der Waals surface area contributed by atoms with Gasteiger partial charge in [0.2, 0.25) is 0 Å². The van der Waals surface area contributed by atoms with Crippen LogP contribution in [0.4, 0.5) is 0 Å². The van der Waals surface area contributed by atoms with Crippen molar-refractivity contribution in [1.29, 1.82) is 0 Å². The molecule has 1 rings (SSSR count). The van der Waals surface area contributed by atoms with Crippen molar-refractivity contribution in [3.63, 3.8) is 0 Å². The number of aromatic nitrogens is 1. The number of carboxylic acid groups (broad SMARTS) is 1. The van der Waals surface area contributed by atoms with Gasteiger partial charge >= 0.3 is 5.97 Å². The molecule has 5 nitrogen and oxygen atoms in total. The molecule has 0 aromatic carbocycles. The van der Waals surface area contributed by atoms with Crippen molar-refractivity contribution < 1.29 is 19.2 Å². The molecule has 0 amide bonds. The van der Waals surface area contributed by atoms with Crippen LogP contribution in [0.25, 0.3) is 0 Å². The van der Waals surface area contributed by atoms with Gasteiger partial charge in [-0.05, 0) is 0 Å². The quantitative estimate of drug-likeness (QED) is 0.671. The number of rotatable bonds is 4. The van der Waals surface area contributed by atoms with Crippen LogP contribution in [0.15, 0.2) is 16.9 Å². The van der Waals surface area contributed by atoms with E-state index in [0.29, 0.717) is 0 Å². The summed E-state index contributed by atoms with van der Waals surface area (Å²) in [5, 5.41) is 11.6. The Labute approximate surface area is 68.0 Å². The maximum absolute atomic E-state index is 11.0. The Morgan fingerprint density at radius 2 is 2.25 bits per heavy atom. The highest BCUT2D eigenvalue weighted by Crippen LogP contribution is 2.01. The number of ketones is 1. The molecular weight excluding hydrogens is 162 g/mol. The Bertz CT molecular complexity index is 278. The predicted molar refractivity (Wildman–Crippen MR) is 37.7 cm³/mol. The maximum Gasteiger partial charge on any atom is 0.303 e. The number of carbonyl (C=O) groups is 2. The zero-order valence-corrected chi connectivity index (χ0v) is 6.19. The lowest BCUT2D eigenvalue weighted by molar-refractivity contribution is -0.136. The first-order valence-corrected chi connectivity index (χ1v) is 3.35. The van der Waals surface area contributed by atoms with E-state index in [2.05, 4.69) is 9.68 Å². The van der Waals surface area contributed by atoms with Crippen LogP contribution in [-0.4, -0.2) is 22.0 Å². The van der Waals surface area contributed by atoms with Gasteiger partial charge in [-0.15, -0.1) is 0 Å². The first-order chi connectivity index (χ1) is 5.70. The normalized spacial score (nSPS) is 9.67. The SMILES string of the molecule is O=C(O)CCC(=O)c1ccon1. The number of hydrogen-bond donors (Lipinski definition) is 1. The van der Waals surface area contributed by atoms with E-state index in [1.165, 1.54) is 12.3 Å². The molecule has 64 valence electrons. The van der Waals surface area contributed by atoms with Gasteiger partial charge in [-0.1, -0.05) is 5.16 Å². The molecule has 1 N–H and O–H groups in total. The van der Waals surface area contributed by atoms with E-state index in [4.69, 9.17) is 5.11 Å². The van der Waals surface area contributed by atoms with Gasteiger partial charge in [0.1, 0.15) is 12.0 Å². The third-order valence-corrected chi connectivity index (χ3v) is 1.29. The van der Waals surface area contributed by atoms with Gasteiger partial charge in [0.25, 0.3) is 0 Å². The summed E-state index contributed by atoms with van der Waals surface area (Å²) in [7, 11) is 0. The van der Waals surface area contributed by atoms with Crippen LogP contribution in [0.5, 0.6) is 0 Å². The van der Waals surface area contributed by atoms with Crippen LogP contribution in [0.1, 0.15) is 23.3 Å². The van der Waals surface area contributed by atoms with E-state index in [1.54, 1.807) is 0 Å². The number of carboxylic acids is 1. The van der Waals surface area contributed by atoms with Crippen molar-refractivity contribution in [1.82, 2.24) is 5.16 Å². The van der Waals surface area contributed by atoms with Crippen LogP contribution >= 0.6 is 0 Å². The topological polar surface area (TPSA) is 80.4 Å². The smallest absolute Gasteiger partial charge is 0.303 e. The second-order valence-electron chi connectivity index (χ2n) is 2.20. The Balaban J connectivity index is 2.45. The van der Waals surface area contributed by atoms with E-state index in [-0.39, 0.29) is 24.3 Å². The average Bonchev–Trinajstić information content (AvgIpc) is 2.51. The summed E-state index contributed by atoms with van der Waals surface area (Å²) in [5.74, 6) is -1.31. The minimum Gasteiger partial charge on any atom is -0.481 e. The minimum absolute atomic E-state index is 0.0398. The third-order valence-electron chi connectivity index (χ3n) is 1.29. The number of aliphatic carboxylic acids is 1. The molecule has 0 fully saturated rings. The molecule has 0 aliphatic heterocycles. The van der Waals surface area contributed by atoms with Gasteiger partial charge in [0, 0.05) is 12.5 Å². The Hall–Kier alpha value is -1.65. The summed E-state index contributed by atoms with van der Waals surface area (Å²) in [4.78, 5) is 21.1. The fraction of sp³-hybridized carbons (Fsp3) is 0.286. The van der Waals surface area contributed by atoms with Crippen molar-refractivity contribution in [2.75, 3.05) is 0 Å². The highest BCUT2D eigenvalue weighted by molar-refractivity contribution is 5.95. The van der Waals surface area contributed by atoms with E-state index in [0.717, 1.165) is 0 Å². The first kappa shape index (κ1) is 8.45. The zero-order valence-electron chi connectivity index (χ0n) is 6.19. The van der Waals surface area contributed by atoms with Gasteiger partial charge in [0.15, 0.2) is 5.78 Å². The van der Waals surface area contributed by atoms with Crippen molar-refractivity contribution in [2.24, 2.45) is 0 Å². The van der Waals surface area contributed by atoms with E-state index in [9.17, 15) is 9.59 Å². The predicted octanol–water partition coefficient (Wildman–Crippen LogP) is 0.722. The molecule has 0 bridgehead atoms. The number of hydrogen-bond acceptors (Lipinski definition) is 4. The van der Waals surface area contributed by atoms with Crippen LogP contribution in [0, 0.1) is 0 Å². The van der Waals surface area contributed by atoms with Crippen molar-refractivity contribution in [2.45, 2.75) is 12.8 Å². The van der Waals surface area contributed by atoms with Crippen LogP contribution < -0.4 is 0 Å². The fourth-order valence-electron chi connectivity index (χ4n) is 0.705. The van der Waals surface area contributed by atoms with Crippen LogP contribution in [0.3, 0.4) is 0 Å². The average molecular weight is 169 g/mol. The summed E-state index contributed by atoms with van der Waals surface area (Å²) in [6, 6.07) is 1.41. The molecule has 5 heteroatoms. The number of nitrogens with zero attached hydrogens (tertiary/aromatic N) is 1. The van der Waals surface area contributed by atoms with E-state index in [1.807, 2.05) is 0 Å². The van der Waals surface area contributed by atoms with Gasteiger partial charge in [-0.25, -0.2) is 0 Å². The minimum atomic E-state index is -0.994. The highest BCUT2D eigenvalue weighted by Gasteiger charge is 2.10. The van der Waals surface area contributed by atoms with Crippen molar-refractivity contribution in [3.8, 4) is 0 Å². The second-order valence-corrected chi connectivity index (χ2v) is 2.20. The largest absolute Gasteiger partial charge is 0.481 e. The molecule has 0 radical (unpaired) electrons. The lowest BCUT2D eigenvalue weighted by Crippen LogP contribution is -2.03. The molecule has 0 saturated carbocycles. The molecule has 1 aromatic heterocycles. The summed E-state index contributed by atoms with van der Waals surface area (Å²) in [6.45, 7) is 0. The third kappa shape index (κ3) is 2.19. The lowest BCUT2D eigenvalue weighted by Gasteiger charge is -1.90. The molecule has 0 spiro atoms. The molecule has 0 saturated heterocycles. The molecule has 1 heterocycles. The Morgan fingerprint density at radius 1 is 1.50 bits per heavy atom. The summed E-state index contributed by atoms with van der Waals surface area (Å²) in [5.41, 5.74) is 0.177. The lowest BCUT2D eigenvalue weighted by atomic mass is 10.2. The van der Waals surface area contributed by atoms with Crippen LogP contribution in [0.2, 0.25) is 0 Å². The van der Waals surface area contributed by atoms with Gasteiger partial charge < -0.3 is 9.63 Å².